The van der Waals surface area contributed by atoms with Crippen LogP contribution in [0, 0.1) is 0 Å². The largest absolute Gasteiger partial charge is 0.497 e. The van der Waals surface area contributed by atoms with Gasteiger partial charge in [0.25, 0.3) is 5.91 Å². The van der Waals surface area contributed by atoms with Gasteiger partial charge in [-0.25, -0.2) is 14.9 Å². The van der Waals surface area contributed by atoms with E-state index in [0.29, 0.717) is 27.3 Å². The molecule has 0 N–H and O–H groups in total. The lowest BCUT2D eigenvalue weighted by Gasteiger charge is -2.15. The lowest BCUT2D eigenvalue weighted by Crippen LogP contribution is -2.32. The number of aliphatic imine (C=N–C) groups is 1. The molecule has 4 rings (SSSR count). The molecule has 0 unspecified atom stereocenters. The summed E-state index contributed by atoms with van der Waals surface area (Å²) in [5, 5.41) is 2.89. The standard InChI is InChI=1S/C20H14ClN3O2S/c1-26-14-8-6-13(7-9-14)12-17-19(25)24(20-22-10-11-27-20)18(23-17)15-4-2-3-5-16(15)21/h2-12H,1H3/b17-12+. The molecule has 1 aliphatic rings. The minimum Gasteiger partial charge on any atom is -0.497 e. The number of benzene rings is 2. The Labute approximate surface area is 165 Å². The summed E-state index contributed by atoms with van der Waals surface area (Å²) in [4.78, 5) is 23.4. The van der Waals surface area contributed by atoms with Crippen LogP contribution in [0.1, 0.15) is 11.1 Å². The van der Waals surface area contributed by atoms with Crippen LogP contribution in [0.5, 0.6) is 5.75 Å². The van der Waals surface area contributed by atoms with Crippen molar-refractivity contribution < 1.29 is 9.53 Å². The Morgan fingerprint density at radius 2 is 1.93 bits per heavy atom. The summed E-state index contributed by atoms with van der Waals surface area (Å²) in [5.41, 5.74) is 1.86. The highest BCUT2D eigenvalue weighted by molar-refractivity contribution is 7.14. The summed E-state index contributed by atoms with van der Waals surface area (Å²) in [6.45, 7) is 0. The van der Waals surface area contributed by atoms with E-state index in [2.05, 4.69) is 9.98 Å². The van der Waals surface area contributed by atoms with Gasteiger partial charge in [0.1, 0.15) is 11.4 Å². The van der Waals surface area contributed by atoms with Crippen LogP contribution in [0.4, 0.5) is 5.13 Å². The first-order chi connectivity index (χ1) is 13.2. The molecule has 0 saturated carbocycles. The van der Waals surface area contributed by atoms with E-state index in [0.717, 1.165) is 11.3 Å². The maximum Gasteiger partial charge on any atom is 0.284 e. The quantitative estimate of drug-likeness (QED) is 0.605. The molecule has 0 radical (unpaired) electrons. The van der Waals surface area contributed by atoms with Crippen molar-refractivity contribution in [1.82, 2.24) is 4.98 Å². The van der Waals surface area contributed by atoms with Crippen molar-refractivity contribution in [2.24, 2.45) is 4.99 Å². The Morgan fingerprint density at radius 1 is 1.15 bits per heavy atom. The predicted octanol–water partition coefficient (Wildman–Crippen LogP) is 4.64. The van der Waals surface area contributed by atoms with Crippen molar-refractivity contribution in [2.45, 2.75) is 0 Å². The molecular formula is C20H14ClN3O2S. The first kappa shape index (κ1) is 17.5. The zero-order valence-electron chi connectivity index (χ0n) is 14.3. The molecule has 0 fully saturated rings. The molecule has 134 valence electrons. The van der Waals surface area contributed by atoms with Crippen molar-refractivity contribution in [2.75, 3.05) is 12.0 Å². The number of halogens is 1. The van der Waals surface area contributed by atoms with E-state index in [1.807, 2.05) is 47.8 Å². The molecule has 2 aromatic carbocycles. The SMILES string of the molecule is COc1ccc(/C=C2/N=C(c3ccccc3Cl)N(c3nccs3)C2=O)cc1. The van der Waals surface area contributed by atoms with Gasteiger partial charge in [0, 0.05) is 17.1 Å². The maximum absolute atomic E-state index is 13.1. The molecule has 1 aliphatic heterocycles. The number of hydrogen-bond donors (Lipinski definition) is 0. The highest BCUT2D eigenvalue weighted by Crippen LogP contribution is 2.31. The summed E-state index contributed by atoms with van der Waals surface area (Å²) in [6.07, 6.45) is 3.40. The normalized spacial score (nSPS) is 15.3. The summed E-state index contributed by atoms with van der Waals surface area (Å²) < 4.78 is 5.17. The van der Waals surface area contributed by atoms with E-state index >= 15 is 0 Å². The molecule has 0 saturated heterocycles. The number of carbonyl (C=O) groups excluding carboxylic acids is 1. The highest BCUT2D eigenvalue weighted by atomic mass is 35.5. The third-order valence-electron chi connectivity index (χ3n) is 4.00. The average Bonchev–Trinajstić information content (AvgIpc) is 3.31. The molecule has 3 aromatic rings. The molecule has 0 bridgehead atoms. The smallest absolute Gasteiger partial charge is 0.284 e. The van der Waals surface area contributed by atoms with Crippen LogP contribution in [0.25, 0.3) is 6.08 Å². The van der Waals surface area contributed by atoms with Crippen molar-refractivity contribution in [3.63, 3.8) is 0 Å². The van der Waals surface area contributed by atoms with Crippen LogP contribution in [0.3, 0.4) is 0 Å². The highest BCUT2D eigenvalue weighted by Gasteiger charge is 2.34. The Hall–Kier alpha value is -2.96. The van der Waals surface area contributed by atoms with E-state index in [1.54, 1.807) is 25.4 Å². The molecule has 1 aromatic heterocycles. The van der Waals surface area contributed by atoms with Gasteiger partial charge in [-0.1, -0.05) is 35.9 Å². The molecule has 1 amide bonds. The summed E-state index contributed by atoms with van der Waals surface area (Å²) in [5.74, 6) is 0.982. The molecule has 27 heavy (non-hydrogen) atoms. The first-order valence-corrected chi connectivity index (χ1v) is 9.36. The second-order valence-corrected chi connectivity index (χ2v) is 6.95. The second kappa shape index (κ2) is 7.34. The first-order valence-electron chi connectivity index (χ1n) is 8.10. The van der Waals surface area contributed by atoms with Crippen LogP contribution in [-0.4, -0.2) is 23.8 Å². The van der Waals surface area contributed by atoms with E-state index < -0.39 is 0 Å². The lowest BCUT2D eigenvalue weighted by molar-refractivity contribution is -0.113. The fourth-order valence-electron chi connectivity index (χ4n) is 2.70. The van der Waals surface area contributed by atoms with Crippen LogP contribution in [0.15, 0.2) is 70.8 Å². The van der Waals surface area contributed by atoms with Gasteiger partial charge in [-0.15, -0.1) is 11.3 Å². The van der Waals surface area contributed by atoms with Crippen molar-refractivity contribution in [3.8, 4) is 5.75 Å². The number of thiazole rings is 1. The van der Waals surface area contributed by atoms with Gasteiger partial charge in [-0.05, 0) is 35.9 Å². The second-order valence-electron chi connectivity index (χ2n) is 5.67. The Morgan fingerprint density at radius 3 is 2.59 bits per heavy atom. The summed E-state index contributed by atoms with van der Waals surface area (Å²) in [6, 6.07) is 14.7. The topological polar surface area (TPSA) is 54.8 Å². The summed E-state index contributed by atoms with van der Waals surface area (Å²) in [7, 11) is 1.61. The lowest BCUT2D eigenvalue weighted by atomic mass is 10.2. The Balaban J connectivity index is 1.80. The number of methoxy groups -OCH3 is 1. The van der Waals surface area contributed by atoms with E-state index in [1.165, 1.54) is 16.2 Å². The van der Waals surface area contributed by atoms with Gasteiger partial charge < -0.3 is 4.74 Å². The molecular weight excluding hydrogens is 382 g/mol. The monoisotopic (exact) mass is 395 g/mol. The number of aromatic nitrogens is 1. The van der Waals surface area contributed by atoms with E-state index in [9.17, 15) is 4.79 Å². The molecule has 0 spiro atoms. The minimum atomic E-state index is -0.240. The molecule has 2 heterocycles. The van der Waals surface area contributed by atoms with Gasteiger partial charge >= 0.3 is 0 Å². The summed E-state index contributed by atoms with van der Waals surface area (Å²) >= 11 is 7.72. The van der Waals surface area contributed by atoms with E-state index in [4.69, 9.17) is 16.3 Å². The third-order valence-corrected chi connectivity index (χ3v) is 5.09. The van der Waals surface area contributed by atoms with Crippen molar-refractivity contribution >= 4 is 45.9 Å². The van der Waals surface area contributed by atoms with Crippen LogP contribution in [-0.2, 0) is 4.79 Å². The maximum atomic E-state index is 13.1. The van der Waals surface area contributed by atoms with Crippen LogP contribution in [0.2, 0.25) is 5.02 Å². The molecule has 0 aliphatic carbocycles. The number of amides is 1. The van der Waals surface area contributed by atoms with Crippen LogP contribution >= 0.6 is 22.9 Å². The number of anilines is 1. The number of ether oxygens (including phenoxy) is 1. The fraction of sp³-hybridized carbons (Fsp3) is 0.0500. The Kier molecular flexibility index (Phi) is 4.75. The zero-order chi connectivity index (χ0) is 18.8. The average molecular weight is 396 g/mol. The van der Waals surface area contributed by atoms with Crippen molar-refractivity contribution in [1.29, 1.82) is 0 Å². The molecule has 7 heteroatoms. The predicted molar refractivity (Wildman–Crippen MR) is 109 cm³/mol. The van der Waals surface area contributed by atoms with Gasteiger partial charge in [0.05, 0.1) is 12.1 Å². The fourth-order valence-corrected chi connectivity index (χ4v) is 3.56. The third kappa shape index (κ3) is 3.37. The number of rotatable bonds is 4. The number of amidine groups is 1. The van der Waals surface area contributed by atoms with Gasteiger partial charge in [-0.3, -0.25) is 4.79 Å². The number of hydrogen-bond acceptors (Lipinski definition) is 5. The minimum absolute atomic E-state index is 0.240. The number of nitrogens with zero attached hydrogens (tertiary/aromatic N) is 3. The van der Waals surface area contributed by atoms with Crippen molar-refractivity contribution in [3.05, 3.63) is 82.0 Å². The Bertz CT molecular complexity index is 1040. The van der Waals surface area contributed by atoms with Crippen LogP contribution < -0.4 is 9.64 Å². The zero-order valence-corrected chi connectivity index (χ0v) is 15.9. The van der Waals surface area contributed by atoms with Gasteiger partial charge in [0.2, 0.25) is 0 Å². The molecule has 0 atom stereocenters. The van der Waals surface area contributed by atoms with Gasteiger partial charge in [-0.2, -0.15) is 0 Å². The number of carbonyl (C=O) groups is 1. The van der Waals surface area contributed by atoms with E-state index in [-0.39, 0.29) is 5.91 Å². The van der Waals surface area contributed by atoms with Gasteiger partial charge in [0.15, 0.2) is 11.0 Å². The molecule has 5 nitrogen and oxygen atoms in total.